The van der Waals surface area contributed by atoms with E-state index in [-0.39, 0.29) is 58.9 Å². The van der Waals surface area contributed by atoms with Crippen LogP contribution in [0.3, 0.4) is 0 Å². The lowest BCUT2D eigenvalue weighted by atomic mass is 9.73. The smallest absolute Gasteiger partial charge is 0.337 e. The lowest BCUT2D eigenvalue weighted by Crippen LogP contribution is -2.30. The molecule has 4 aromatic heterocycles. The Hall–Kier alpha value is -11.0. The van der Waals surface area contributed by atoms with Crippen LogP contribution < -0.4 is 22.5 Å². The molecule has 13 rings (SSSR count). The lowest BCUT2D eigenvalue weighted by Gasteiger charge is -2.32. The molecule has 3 aliphatic carbocycles. The van der Waals surface area contributed by atoms with Crippen molar-refractivity contribution in [3.8, 4) is 0 Å². The normalized spacial score (nSPS) is 18.6. The Morgan fingerprint density at radius 2 is 0.835 bits per heavy atom. The Kier molecular flexibility index (Phi) is 26.0. The van der Waals surface area contributed by atoms with Crippen LogP contribution in [0.25, 0.3) is 43.7 Å². The summed E-state index contributed by atoms with van der Waals surface area (Å²) in [7, 11) is 4.00. The number of hydrogen-bond donors (Lipinski definition) is 7. The molecule has 3 fully saturated rings. The van der Waals surface area contributed by atoms with E-state index in [9.17, 15) is 37.1 Å². The van der Waals surface area contributed by atoms with Crippen molar-refractivity contribution in [1.82, 2.24) is 24.9 Å². The number of amides is 1. The van der Waals surface area contributed by atoms with E-state index in [1.165, 1.54) is 57.2 Å². The fourth-order valence-electron chi connectivity index (χ4n) is 14.4. The van der Waals surface area contributed by atoms with Crippen LogP contribution >= 0.6 is 0 Å². The number of nitrogens with two attached hydrogens (primary N) is 3. The summed E-state index contributed by atoms with van der Waals surface area (Å²) >= 11 is 0. The van der Waals surface area contributed by atoms with Crippen LogP contribution in [0.2, 0.25) is 0 Å². The van der Waals surface area contributed by atoms with E-state index < -0.39 is 23.9 Å². The molecule has 4 heterocycles. The minimum atomic E-state index is -0.833. The number of carboxylic acids is 2. The highest BCUT2D eigenvalue weighted by Crippen LogP contribution is 2.45. The molecular weight excluding hydrogens is 1320 g/mol. The largest absolute Gasteiger partial charge is 0.481 e. The first-order valence-electron chi connectivity index (χ1n) is 34.5. The van der Waals surface area contributed by atoms with Crippen LogP contribution in [0, 0.1) is 47.0 Å². The van der Waals surface area contributed by atoms with Gasteiger partial charge in [-0.25, -0.2) is 32.5 Å². The maximum absolute atomic E-state index is 13.9. The predicted octanol–water partition coefficient (Wildman–Crippen LogP) is 16.5. The minimum Gasteiger partial charge on any atom is -0.481 e. The van der Waals surface area contributed by atoms with Gasteiger partial charge in [0.25, 0.3) is 5.97 Å². The number of carboxylic acid groups (broad SMARTS) is 2. The molecule has 3 saturated carbocycles. The highest BCUT2D eigenvalue weighted by molar-refractivity contribution is 5.98. The molecule has 1 amide bonds. The highest BCUT2D eigenvalue weighted by Gasteiger charge is 2.33. The third-order valence-corrected chi connectivity index (χ3v) is 20.4. The number of esters is 3. The number of fused-ring (bicyclic) bond motifs is 4. The van der Waals surface area contributed by atoms with Gasteiger partial charge in [0.15, 0.2) is 0 Å². The molecule has 10 N–H and O–H groups in total. The van der Waals surface area contributed by atoms with Gasteiger partial charge in [-0.05, 0) is 257 Å². The number of aliphatic carboxylic acids is 2. The van der Waals surface area contributed by atoms with Crippen LogP contribution in [0.1, 0.15) is 182 Å². The Morgan fingerprint density at radius 1 is 0.466 bits per heavy atom. The zero-order valence-corrected chi connectivity index (χ0v) is 58.8. The molecule has 0 spiro atoms. The number of anilines is 4. The van der Waals surface area contributed by atoms with Crippen LogP contribution in [0.5, 0.6) is 0 Å². The summed E-state index contributed by atoms with van der Waals surface area (Å²) in [6.07, 6.45) is 17.2. The Balaban J connectivity index is 0.000000164. The summed E-state index contributed by atoms with van der Waals surface area (Å²) in [6.45, 7) is 7.04. The molecule has 10 aromatic rings. The summed E-state index contributed by atoms with van der Waals surface area (Å²) < 4.78 is 55.2. The second-order valence-corrected chi connectivity index (χ2v) is 26.7. The van der Waals surface area contributed by atoms with Crippen molar-refractivity contribution in [1.29, 1.82) is 0 Å². The standard InChI is InChI=1S/C26H28FN3O3.C26H26FN3O2.C18H20FNO2.C8H10N2O2.C2H4O2/c1-15(25(31)30-24-9-7-18(13-22(24)28)26(32)33-2)16-3-5-17(6-4-16)20-11-12-29-23-10-8-19(27)14-21(20)23;1-15(25-29-23-9-7-18(26(31)32-2)13-24(23)30-25)16-3-5-17(6-4-16)20-11-12-28-22-10-8-19(27)14-21(20)22;1-11(18(21)22)12-2-4-13(5-3-12)15-8-9-20-17-7-6-14(19)10-16(15)17;1-12-8(11)5-2-3-6(9)7(10)4-5;1-2(3)4/h7-17H,3-6,28H2,1-2H3,(H,30,31);7-17H,3-6H2,1-2H3,(H,29,30);6-13H,2-5H2,1H3,(H,21,22);2-4H,9-10H2,1H3;1H3,(H,3,4). The number of halogens is 3. The van der Waals surface area contributed by atoms with Crippen molar-refractivity contribution >= 4 is 102 Å². The first-order valence-corrected chi connectivity index (χ1v) is 34.5. The zero-order chi connectivity index (χ0) is 74.2. The zero-order valence-electron chi connectivity index (χ0n) is 58.8. The summed E-state index contributed by atoms with van der Waals surface area (Å²) in [4.78, 5) is 88.7. The lowest BCUT2D eigenvalue weighted by molar-refractivity contribution is -0.143. The van der Waals surface area contributed by atoms with Crippen molar-refractivity contribution < 1.29 is 66.4 Å². The van der Waals surface area contributed by atoms with E-state index in [1.54, 1.807) is 92.1 Å². The van der Waals surface area contributed by atoms with E-state index >= 15 is 0 Å². The van der Waals surface area contributed by atoms with E-state index in [0.717, 1.165) is 145 Å². The molecule has 3 unspecified atom stereocenters. The van der Waals surface area contributed by atoms with Gasteiger partial charge in [-0.3, -0.25) is 29.3 Å². The van der Waals surface area contributed by atoms with Gasteiger partial charge in [-0.1, -0.05) is 20.8 Å². The van der Waals surface area contributed by atoms with Gasteiger partial charge in [0.05, 0.1) is 94.3 Å². The van der Waals surface area contributed by atoms with Crippen LogP contribution in [-0.4, -0.2) is 92.2 Å². The van der Waals surface area contributed by atoms with E-state index in [1.807, 2.05) is 37.4 Å². The first kappa shape index (κ1) is 76.2. The second kappa shape index (κ2) is 35.1. The molecule has 6 aromatic carbocycles. The van der Waals surface area contributed by atoms with Crippen molar-refractivity contribution in [2.45, 2.75) is 128 Å². The van der Waals surface area contributed by atoms with Crippen LogP contribution in [0.15, 0.2) is 146 Å². The number of nitrogen functional groups attached to an aromatic ring is 3. The molecule has 23 heteroatoms. The number of aromatic amines is 1. The molecule has 0 bridgehead atoms. The average Bonchev–Trinajstić information content (AvgIpc) is 1.66. The third kappa shape index (κ3) is 19.4. The monoisotopic (exact) mass is 1410 g/mol. The maximum Gasteiger partial charge on any atom is 0.337 e. The van der Waals surface area contributed by atoms with Crippen LogP contribution in [0.4, 0.5) is 35.9 Å². The molecule has 103 heavy (non-hydrogen) atoms. The second-order valence-electron chi connectivity index (χ2n) is 26.7. The van der Waals surface area contributed by atoms with Gasteiger partial charge in [0.2, 0.25) is 5.91 Å². The average molecular weight is 1410 g/mol. The minimum absolute atomic E-state index is 0.0904. The molecule has 0 saturated heterocycles. The number of aromatic nitrogens is 5. The van der Waals surface area contributed by atoms with E-state index in [2.05, 4.69) is 36.9 Å². The fourth-order valence-corrected chi connectivity index (χ4v) is 14.4. The van der Waals surface area contributed by atoms with Crippen LogP contribution in [-0.2, 0) is 28.6 Å². The number of rotatable bonds is 13. The SMILES string of the molecule is CC(=O)O.CC(C(=O)O)C1CCC(c2ccnc3ccc(F)cc23)CC1.COC(=O)c1ccc(N)c(N)c1.COC(=O)c1ccc(NC(=O)C(C)C2CCC(c3ccnc4ccc(F)cc34)CC2)c(N)c1.COC(=O)c1ccc2nc(C(C)C3CCC(c4ccnc5ccc(F)cc45)CC3)[nH]c2c1. The summed E-state index contributed by atoms with van der Waals surface area (Å²) in [5.74, 6) is -0.667. The van der Waals surface area contributed by atoms with Gasteiger partial charge in [-0.15, -0.1) is 0 Å². The van der Waals surface area contributed by atoms with Crippen molar-refractivity contribution in [3.63, 3.8) is 0 Å². The van der Waals surface area contributed by atoms with Gasteiger partial charge in [0, 0.05) is 53.5 Å². The van der Waals surface area contributed by atoms with Crippen molar-refractivity contribution in [2.75, 3.05) is 43.8 Å². The fraction of sp³-hybridized carbons (Fsp3) is 0.350. The van der Waals surface area contributed by atoms with Gasteiger partial charge in [0.1, 0.15) is 23.3 Å². The summed E-state index contributed by atoms with van der Waals surface area (Å²) in [5.41, 5.74) is 27.5. The molecule has 3 atom stereocenters. The quantitative estimate of drug-likeness (QED) is 0.0320. The Labute approximate surface area is 595 Å². The molecule has 0 aliphatic heterocycles. The van der Waals surface area contributed by atoms with Gasteiger partial charge >= 0.3 is 23.9 Å². The maximum atomic E-state index is 13.9. The molecule has 0 radical (unpaired) electrons. The van der Waals surface area contributed by atoms with Crippen molar-refractivity contribution in [3.05, 3.63) is 203 Å². The number of carbonyl (C=O) groups is 6. The number of benzene rings is 6. The number of methoxy groups -OCH3 is 3. The summed E-state index contributed by atoms with van der Waals surface area (Å²) in [6, 6.07) is 35.0. The summed E-state index contributed by atoms with van der Waals surface area (Å²) in [5, 5.41) is 22.1. The molecular formula is C80H88F3N9O11. The first-order chi connectivity index (χ1) is 49.3. The van der Waals surface area contributed by atoms with E-state index in [4.69, 9.17) is 46.7 Å². The number of imidazole rings is 1. The third-order valence-electron chi connectivity index (χ3n) is 20.4. The molecule has 540 valence electrons. The number of H-pyrrole nitrogens is 1. The topological polar surface area (TPSA) is 328 Å². The number of pyridine rings is 3. The van der Waals surface area contributed by atoms with Gasteiger partial charge in [-0.2, -0.15) is 0 Å². The molecule has 20 nitrogen and oxygen atoms in total. The Morgan fingerprint density at radius 3 is 1.23 bits per heavy atom. The predicted molar refractivity (Wildman–Crippen MR) is 392 cm³/mol. The van der Waals surface area contributed by atoms with E-state index in [0.29, 0.717) is 63.1 Å². The number of ether oxygens (including phenoxy) is 3. The Bertz CT molecular complexity index is 4680. The number of nitrogens with one attached hydrogen (secondary N) is 2. The number of hydrogen-bond acceptors (Lipinski definition) is 16. The number of nitrogens with zero attached hydrogens (tertiary/aromatic N) is 4. The molecule has 3 aliphatic rings. The van der Waals surface area contributed by atoms with Crippen molar-refractivity contribution in [2.24, 2.45) is 29.6 Å². The number of carbonyl (C=O) groups excluding carboxylic acids is 4. The highest BCUT2D eigenvalue weighted by atomic mass is 19.1. The van der Waals surface area contributed by atoms with Gasteiger partial charge < -0.3 is 51.9 Å².